The van der Waals surface area contributed by atoms with Crippen molar-refractivity contribution in [1.29, 1.82) is 0 Å². The molecule has 59 heavy (non-hydrogen) atoms. The summed E-state index contributed by atoms with van der Waals surface area (Å²) in [6.45, 7) is 39.8. The Kier molecular flexibility index (Phi) is 18.2. The second-order valence-electron chi connectivity index (χ2n) is 24.8. The van der Waals surface area contributed by atoms with Crippen molar-refractivity contribution in [2.24, 2.45) is 16.2 Å². The van der Waals surface area contributed by atoms with Crippen LogP contribution in [-0.2, 0) is 19.1 Å². The summed E-state index contributed by atoms with van der Waals surface area (Å²) >= 11 is 0. The SMILES string of the molecule is CC(C)(C)NC(CCCCCCCCOC(=O)N1CC[C@@](NC(C)(C)C)(C(=O)C(C)(C)C)C1)(CCCCC[C@@]1(C(=O)C(C)(C)C)CCCN1C(C)(C)C)C(=O)C(C)(C)C. The number of amides is 1. The fraction of sp³-hybridized carbons (Fsp3) is 0.920. The molecule has 0 aromatic carbocycles. The van der Waals surface area contributed by atoms with E-state index in [0.29, 0.717) is 37.7 Å². The maximum absolute atomic E-state index is 14.4. The number of carbonyl (C=O) groups excluding carboxylic acids is 4. The van der Waals surface area contributed by atoms with E-state index in [9.17, 15) is 19.2 Å². The van der Waals surface area contributed by atoms with Crippen molar-refractivity contribution in [3.63, 3.8) is 0 Å². The lowest BCUT2D eigenvalue weighted by Crippen LogP contribution is -2.63. The number of unbranched alkanes of at least 4 members (excludes halogenated alkanes) is 7. The van der Waals surface area contributed by atoms with Gasteiger partial charge in [-0.15, -0.1) is 0 Å². The predicted octanol–water partition coefficient (Wildman–Crippen LogP) is 11.2. The molecule has 0 aromatic rings. The molecule has 9 nitrogen and oxygen atoms in total. The molecule has 0 aromatic heterocycles. The summed E-state index contributed by atoms with van der Waals surface area (Å²) in [7, 11) is 0. The molecular formula is C50H94N4O5. The van der Waals surface area contributed by atoms with Gasteiger partial charge in [-0.3, -0.25) is 24.6 Å². The van der Waals surface area contributed by atoms with Crippen LogP contribution < -0.4 is 10.6 Å². The van der Waals surface area contributed by atoms with Crippen LogP contribution in [0.4, 0.5) is 4.79 Å². The molecule has 2 fully saturated rings. The van der Waals surface area contributed by atoms with Crippen LogP contribution in [-0.4, -0.2) is 92.7 Å². The molecule has 1 amide bonds. The summed E-state index contributed by atoms with van der Waals surface area (Å²) in [5.74, 6) is 0.802. The van der Waals surface area contributed by atoms with Crippen LogP contribution in [0, 0.1) is 16.2 Å². The van der Waals surface area contributed by atoms with E-state index < -0.39 is 32.9 Å². The minimum Gasteiger partial charge on any atom is -0.449 e. The zero-order chi connectivity index (χ0) is 45.5. The molecule has 2 aliphatic rings. The number of nitrogens with zero attached hydrogens (tertiary/aromatic N) is 2. The highest BCUT2D eigenvalue weighted by Gasteiger charge is 2.54. The van der Waals surface area contributed by atoms with Crippen LogP contribution in [0.25, 0.3) is 0 Å². The molecule has 2 saturated heterocycles. The number of hydrogen-bond acceptors (Lipinski definition) is 8. The summed E-state index contributed by atoms with van der Waals surface area (Å²) in [5, 5.41) is 7.44. The minimum atomic E-state index is -0.770. The highest BCUT2D eigenvalue weighted by molar-refractivity contribution is 5.94. The molecule has 0 radical (unpaired) electrons. The summed E-state index contributed by atoms with van der Waals surface area (Å²) in [4.78, 5) is 59.4. The molecule has 2 rings (SSSR count). The Morgan fingerprint density at radius 1 is 0.576 bits per heavy atom. The van der Waals surface area contributed by atoms with Crippen LogP contribution in [0.1, 0.15) is 221 Å². The highest BCUT2D eigenvalue weighted by atomic mass is 16.6. The van der Waals surface area contributed by atoms with Gasteiger partial charge in [0.05, 0.1) is 23.2 Å². The monoisotopic (exact) mass is 831 g/mol. The van der Waals surface area contributed by atoms with Crippen molar-refractivity contribution in [2.45, 2.75) is 254 Å². The van der Waals surface area contributed by atoms with Gasteiger partial charge in [0.2, 0.25) is 0 Å². The number of likely N-dealkylation sites (tertiary alicyclic amines) is 2. The van der Waals surface area contributed by atoms with E-state index in [1.807, 2.05) is 20.8 Å². The molecule has 0 spiro atoms. The standard InChI is InChI=1S/C50H94N4O5/c1-42(2,3)38(55)48(51-45(10,11)12,30-25-23-26-31-50(40(57)44(7,8)9)32-28-34-54(50)47(16,17)18)29-24-21-19-20-22-27-36-59-41(58)53-35-33-49(37-53,52-46(13,14)15)39(56)43(4,5)6/h51-52H,19-37H2,1-18H3/t48?,49-,50-/m0/s1. The second-order valence-corrected chi connectivity index (χ2v) is 24.8. The summed E-state index contributed by atoms with van der Waals surface area (Å²) in [6.07, 6.45) is 13.5. The molecule has 2 aliphatic heterocycles. The Balaban J connectivity index is 1.97. The van der Waals surface area contributed by atoms with Crippen molar-refractivity contribution in [1.82, 2.24) is 20.4 Å². The topological polar surface area (TPSA) is 108 Å². The predicted molar refractivity (Wildman–Crippen MR) is 246 cm³/mol. The van der Waals surface area contributed by atoms with Gasteiger partial charge < -0.3 is 15.0 Å². The zero-order valence-corrected chi connectivity index (χ0v) is 41.9. The highest BCUT2D eigenvalue weighted by Crippen LogP contribution is 2.44. The number of Topliss-reactive ketones (excluding diaryl/α,β-unsaturated/α-hetero) is 3. The van der Waals surface area contributed by atoms with Gasteiger partial charge in [0.15, 0.2) is 17.3 Å². The number of ether oxygens (including phenoxy) is 1. The quantitative estimate of drug-likeness (QED) is 0.117. The van der Waals surface area contributed by atoms with Gasteiger partial charge >= 0.3 is 6.09 Å². The first-order chi connectivity index (χ1) is 26.6. The molecule has 0 aliphatic carbocycles. The summed E-state index contributed by atoms with van der Waals surface area (Å²) in [5.41, 5.74) is -3.75. The van der Waals surface area contributed by atoms with E-state index in [1.165, 1.54) is 0 Å². The fourth-order valence-electron chi connectivity index (χ4n) is 10.4. The molecule has 9 heteroatoms. The number of hydrogen-bond donors (Lipinski definition) is 2. The largest absolute Gasteiger partial charge is 0.449 e. The van der Waals surface area contributed by atoms with Gasteiger partial charge in [-0.1, -0.05) is 114 Å². The number of ketones is 3. The summed E-state index contributed by atoms with van der Waals surface area (Å²) in [6, 6.07) is 0. The lowest BCUT2D eigenvalue weighted by Gasteiger charge is -2.48. The van der Waals surface area contributed by atoms with Crippen LogP contribution in [0.2, 0.25) is 0 Å². The van der Waals surface area contributed by atoms with Gasteiger partial charge in [-0.2, -0.15) is 0 Å². The molecule has 344 valence electrons. The lowest BCUT2D eigenvalue weighted by atomic mass is 9.71. The van der Waals surface area contributed by atoms with Crippen LogP contribution >= 0.6 is 0 Å². The van der Waals surface area contributed by atoms with Crippen LogP contribution in [0.3, 0.4) is 0 Å². The Bertz CT molecular complexity index is 1400. The van der Waals surface area contributed by atoms with E-state index in [1.54, 1.807) is 4.90 Å². The van der Waals surface area contributed by atoms with Crippen molar-refractivity contribution in [2.75, 3.05) is 26.2 Å². The average Bonchev–Trinajstić information content (AvgIpc) is 3.69. The molecule has 1 unspecified atom stereocenters. The van der Waals surface area contributed by atoms with E-state index in [0.717, 1.165) is 96.4 Å². The maximum atomic E-state index is 14.4. The van der Waals surface area contributed by atoms with E-state index in [2.05, 4.69) is 119 Å². The van der Waals surface area contributed by atoms with Gasteiger partial charge in [0, 0.05) is 46.0 Å². The smallest absolute Gasteiger partial charge is 0.409 e. The van der Waals surface area contributed by atoms with Gasteiger partial charge in [0.1, 0.15) is 0 Å². The van der Waals surface area contributed by atoms with Crippen LogP contribution in [0.5, 0.6) is 0 Å². The van der Waals surface area contributed by atoms with Gasteiger partial charge in [-0.05, 0) is 114 Å². The molecule has 2 heterocycles. The third-order valence-electron chi connectivity index (χ3n) is 12.3. The number of rotatable bonds is 20. The number of carbonyl (C=O) groups is 4. The Labute approximate surface area is 363 Å². The van der Waals surface area contributed by atoms with E-state index in [4.69, 9.17) is 4.74 Å². The average molecular weight is 831 g/mol. The maximum Gasteiger partial charge on any atom is 0.409 e. The number of nitrogens with one attached hydrogen (secondary N) is 2. The lowest BCUT2D eigenvalue weighted by molar-refractivity contribution is -0.141. The second kappa shape index (κ2) is 20.1. The normalized spacial score (nSPS) is 22.4. The van der Waals surface area contributed by atoms with E-state index >= 15 is 0 Å². The van der Waals surface area contributed by atoms with Gasteiger partial charge in [-0.25, -0.2) is 4.79 Å². The molecule has 3 atom stereocenters. The van der Waals surface area contributed by atoms with Crippen molar-refractivity contribution in [3.8, 4) is 0 Å². The zero-order valence-electron chi connectivity index (χ0n) is 41.9. The van der Waals surface area contributed by atoms with Crippen molar-refractivity contribution < 1.29 is 23.9 Å². The van der Waals surface area contributed by atoms with E-state index in [-0.39, 0.29) is 28.5 Å². The van der Waals surface area contributed by atoms with Crippen molar-refractivity contribution in [3.05, 3.63) is 0 Å². The first-order valence-electron chi connectivity index (χ1n) is 23.6. The molecule has 0 saturated carbocycles. The van der Waals surface area contributed by atoms with Gasteiger partial charge in [0.25, 0.3) is 0 Å². The molecule has 2 N–H and O–H groups in total. The third kappa shape index (κ3) is 15.5. The fourth-order valence-corrected chi connectivity index (χ4v) is 10.4. The molecular weight excluding hydrogens is 737 g/mol. The first-order valence-corrected chi connectivity index (χ1v) is 23.6. The van der Waals surface area contributed by atoms with Crippen molar-refractivity contribution >= 4 is 23.4 Å². The van der Waals surface area contributed by atoms with Crippen LogP contribution in [0.15, 0.2) is 0 Å². The summed E-state index contributed by atoms with van der Waals surface area (Å²) < 4.78 is 5.71. The third-order valence-corrected chi connectivity index (χ3v) is 12.3. The minimum absolute atomic E-state index is 0.0729. The Morgan fingerprint density at radius 3 is 1.56 bits per heavy atom. The Morgan fingerprint density at radius 2 is 1.08 bits per heavy atom. The Hall–Kier alpha value is -1.84. The molecule has 0 bridgehead atoms. The first kappa shape index (κ1) is 53.3.